The van der Waals surface area contributed by atoms with Gasteiger partial charge in [0, 0.05) is 45.6 Å². The van der Waals surface area contributed by atoms with E-state index in [9.17, 15) is 9.59 Å². The van der Waals surface area contributed by atoms with Crippen molar-refractivity contribution in [3.05, 3.63) is 48.3 Å². The van der Waals surface area contributed by atoms with E-state index in [-0.39, 0.29) is 19.1 Å². The van der Waals surface area contributed by atoms with Crippen LogP contribution in [0.5, 0.6) is 0 Å². The molecular formula is C28H35FN8O3S. The number of ether oxygens (including phenoxy) is 1. The molecule has 5 rings (SSSR count). The lowest BCUT2D eigenvalue weighted by Crippen LogP contribution is -2.55. The van der Waals surface area contributed by atoms with Crippen molar-refractivity contribution in [2.75, 3.05) is 55.8 Å². The van der Waals surface area contributed by atoms with Crippen LogP contribution in [0.1, 0.15) is 24.8 Å². The van der Waals surface area contributed by atoms with Crippen LogP contribution in [-0.2, 0) is 4.74 Å². The van der Waals surface area contributed by atoms with E-state index >= 15 is 4.39 Å². The van der Waals surface area contributed by atoms with Gasteiger partial charge < -0.3 is 19.4 Å². The van der Waals surface area contributed by atoms with E-state index in [2.05, 4.69) is 30.5 Å². The number of anilines is 3. The Kier molecular flexibility index (Phi) is 8.93. The van der Waals surface area contributed by atoms with Crippen molar-refractivity contribution in [2.45, 2.75) is 44.5 Å². The Morgan fingerprint density at radius 2 is 1.88 bits per heavy atom. The zero-order chi connectivity index (χ0) is 28.9. The van der Waals surface area contributed by atoms with Crippen LogP contribution in [0.15, 0.2) is 42.7 Å². The molecule has 0 spiro atoms. The lowest BCUT2D eigenvalue weighted by Gasteiger charge is -2.39. The number of rotatable bonds is 6. The Labute approximate surface area is 242 Å². The fourth-order valence-corrected chi connectivity index (χ4v) is 5.94. The average Bonchev–Trinajstić information content (AvgIpc) is 3.42. The highest BCUT2D eigenvalue weighted by atomic mass is 32.1. The number of hydrogen-bond acceptors (Lipinski definition) is 9. The number of aryl methyl sites for hydroxylation is 1. The number of urea groups is 1. The number of alkyl halides is 1. The lowest BCUT2D eigenvalue weighted by atomic mass is 10.0. The minimum absolute atomic E-state index is 0.128. The lowest BCUT2D eigenvalue weighted by molar-refractivity contribution is 0.0661. The second kappa shape index (κ2) is 12.8. The highest BCUT2D eigenvalue weighted by Crippen LogP contribution is 2.31. The Morgan fingerprint density at radius 1 is 1.10 bits per heavy atom. The van der Waals surface area contributed by atoms with E-state index in [0.717, 1.165) is 41.9 Å². The van der Waals surface area contributed by atoms with Crippen molar-refractivity contribution in [3.8, 4) is 10.4 Å². The zero-order valence-electron chi connectivity index (χ0n) is 23.4. The van der Waals surface area contributed by atoms with Gasteiger partial charge in [0.15, 0.2) is 5.13 Å². The molecule has 4 heterocycles. The first kappa shape index (κ1) is 28.7. The summed E-state index contributed by atoms with van der Waals surface area (Å²) in [6, 6.07) is 8.37. The summed E-state index contributed by atoms with van der Waals surface area (Å²) in [6.45, 7) is 4.36. The molecule has 3 amide bonds. The predicted molar refractivity (Wildman–Crippen MR) is 157 cm³/mol. The van der Waals surface area contributed by atoms with Crippen LogP contribution in [0.4, 0.5) is 30.9 Å². The molecule has 2 atom stereocenters. The summed E-state index contributed by atoms with van der Waals surface area (Å²) in [5, 5.41) is 5.92. The molecule has 0 unspecified atom stereocenters. The standard InChI is InChI=1S/C28H35FN8O3S/c1-18-6-4-5-7-20(18)23-16-31-26(41-23)34-27(38)36(3)22-17-37(15-11-21(22)29)25-30-12-8-24(32-25)33-28(39)40-19-9-13-35(2)14-10-19/h4-8,12,16,19,21-22H,9-11,13-15,17H2,1-3H3,(H,31,34,38)(H,30,32,33,39)/t21-,22+/m1/s1. The van der Waals surface area contributed by atoms with Crippen molar-refractivity contribution in [1.82, 2.24) is 24.8 Å². The molecule has 0 bridgehead atoms. The fraction of sp³-hybridized carbons (Fsp3) is 0.464. The number of likely N-dealkylation sites (N-methyl/N-ethyl adjacent to an activating group) is 1. The topological polar surface area (TPSA) is 116 Å². The monoisotopic (exact) mass is 582 g/mol. The summed E-state index contributed by atoms with van der Waals surface area (Å²) in [5.41, 5.74) is 2.17. The largest absolute Gasteiger partial charge is 0.446 e. The number of likely N-dealkylation sites (tertiary alicyclic amines) is 1. The summed E-state index contributed by atoms with van der Waals surface area (Å²) in [5.74, 6) is 0.641. The molecule has 0 radical (unpaired) electrons. The van der Waals surface area contributed by atoms with Crippen LogP contribution in [0, 0.1) is 6.92 Å². The van der Waals surface area contributed by atoms with Crippen molar-refractivity contribution in [2.24, 2.45) is 0 Å². The Balaban J connectivity index is 1.19. The highest BCUT2D eigenvalue weighted by molar-refractivity contribution is 7.19. The molecule has 1 aromatic carbocycles. The third-order valence-corrected chi connectivity index (χ3v) is 8.49. The van der Waals surface area contributed by atoms with E-state index in [4.69, 9.17) is 4.74 Å². The second-order valence-corrected chi connectivity index (χ2v) is 11.5. The minimum atomic E-state index is -1.22. The average molecular weight is 583 g/mol. The molecule has 11 nitrogen and oxygen atoms in total. The van der Waals surface area contributed by atoms with Gasteiger partial charge in [0.2, 0.25) is 5.95 Å². The van der Waals surface area contributed by atoms with E-state index in [1.54, 1.807) is 19.3 Å². The van der Waals surface area contributed by atoms with Gasteiger partial charge >= 0.3 is 12.1 Å². The molecule has 218 valence electrons. The zero-order valence-corrected chi connectivity index (χ0v) is 24.2. The summed E-state index contributed by atoms with van der Waals surface area (Å²) in [7, 11) is 3.62. The van der Waals surface area contributed by atoms with Gasteiger partial charge in [0.1, 0.15) is 18.1 Å². The number of benzene rings is 1. The van der Waals surface area contributed by atoms with Gasteiger partial charge in [-0.1, -0.05) is 35.6 Å². The number of aromatic nitrogens is 3. The molecule has 2 saturated heterocycles. The number of amides is 3. The Hall–Kier alpha value is -3.84. The van der Waals surface area contributed by atoms with Crippen molar-refractivity contribution >= 4 is 40.4 Å². The SMILES string of the molecule is Cc1ccccc1-c1cnc(NC(=O)N(C)[C@H]2CN(c3nccc(NC(=O)OC4CCN(C)CC4)n3)CC[C@H]2F)s1. The van der Waals surface area contributed by atoms with Crippen LogP contribution in [0.3, 0.4) is 0 Å². The summed E-state index contributed by atoms with van der Waals surface area (Å²) >= 11 is 1.37. The minimum Gasteiger partial charge on any atom is -0.446 e. The molecular weight excluding hydrogens is 547 g/mol. The number of carbonyl (C=O) groups is 2. The normalized spacial score (nSPS) is 20.0. The van der Waals surface area contributed by atoms with Gasteiger partial charge in [-0.2, -0.15) is 4.98 Å². The van der Waals surface area contributed by atoms with Crippen molar-refractivity contribution in [3.63, 3.8) is 0 Å². The number of nitrogens with one attached hydrogen (secondary N) is 2. The molecule has 13 heteroatoms. The number of piperidine rings is 2. The maximum Gasteiger partial charge on any atom is 0.413 e. The number of hydrogen-bond donors (Lipinski definition) is 2. The van der Waals surface area contributed by atoms with Gasteiger partial charge in [-0.15, -0.1) is 0 Å². The van der Waals surface area contributed by atoms with Crippen LogP contribution in [0.2, 0.25) is 0 Å². The first-order chi connectivity index (χ1) is 19.8. The number of nitrogens with zero attached hydrogens (tertiary/aromatic N) is 6. The van der Waals surface area contributed by atoms with Crippen LogP contribution >= 0.6 is 11.3 Å². The molecule has 3 aromatic rings. The van der Waals surface area contributed by atoms with E-state index in [0.29, 0.717) is 23.4 Å². The third kappa shape index (κ3) is 7.09. The predicted octanol–water partition coefficient (Wildman–Crippen LogP) is 4.63. The van der Waals surface area contributed by atoms with Crippen LogP contribution in [-0.4, -0.2) is 95.5 Å². The molecule has 2 fully saturated rings. The molecule has 41 heavy (non-hydrogen) atoms. The van der Waals surface area contributed by atoms with Gasteiger partial charge in [0.05, 0.1) is 10.9 Å². The van der Waals surface area contributed by atoms with Gasteiger partial charge in [-0.25, -0.2) is 23.9 Å². The summed E-state index contributed by atoms with van der Waals surface area (Å²) < 4.78 is 20.6. The Bertz CT molecular complexity index is 1370. The van der Waals surface area contributed by atoms with Gasteiger partial charge in [0.25, 0.3) is 0 Å². The maximum absolute atomic E-state index is 15.1. The van der Waals surface area contributed by atoms with Crippen molar-refractivity contribution in [1.29, 1.82) is 0 Å². The first-order valence-corrected chi connectivity index (χ1v) is 14.5. The van der Waals surface area contributed by atoms with Crippen LogP contribution in [0.25, 0.3) is 10.4 Å². The van der Waals surface area contributed by atoms with Crippen LogP contribution < -0.4 is 15.5 Å². The smallest absolute Gasteiger partial charge is 0.413 e. The quantitative estimate of drug-likeness (QED) is 0.432. The first-order valence-electron chi connectivity index (χ1n) is 13.7. The van der Waals surface area contributed by atoms with Gasteiger partial charge in [-0.05, 0) is 50.4 Å². The third-order valence-electron chi connectivity index (χ3n) is 7.54. The van der Waals surface area contributed by atoms with E-state index < -0.39 is 24.3 Å². The fourth-order valence-electron chi connectivity index (χ4n) is 5.04. The summed E-state index contributed by atoms with van der Waals surface area (Å²) in [4.78, 5) is 45.0. The highest BCUT2D eigenvalue weighted by Gasteiger charge is 2.35. The molecule has 2 N–H and O–H groups in total. The summed E-state index contributed by atoms with van der Waals surface area (Å²) in [6.07, 6.45) is 3.14. The van der Waals surface area contributed by atoms with E-state index in [1.807, 2.05) is 43.1 Å². The number of carbonyl (C=O) groups excluding carboxylic acids is 2. The van der Waals surface area contributed by atoms with Gasteiger partial charge in [-0.3, -0.25) is 10.6 Å². The number of thiazole rings is 1. The molecule has 2 aliphatic rings. The van der Waals surface area contributed by atoms with E-state index in [1.165, 1.54) is 22.4 Å². The number of halogens is 1. The molecule has 2 aromatic heterocycles. The molecule has 0 saturated carbocycles. The second-order valence-electron chi connectivity index (χ2n) is 10.5. The Morgan fingerprint density at radius 3 is 2.66 bits per heavy atom. The molecule has 2 aliphatic heterocycles. The maximum atomic E-state index is 15.1. The molecule has 0 aliphatic carbocycles. The van der Waals surface area contributed by atoms with Crippen molar-refractivity contribution < 1.29 is 18.7 Å².